The predicted octanol–water partition coefficient (Wildman–Crippen LogP) is 5.25. The van der Waals surface area contributed by atoms with E-state index in [0.29, 0.717) is 10.7 Å². The molecule has 2 nitrogen and oxygen atoms in total. The molecule has 0 bridgehead atoms. The molecule has 112 valence electrons. The van der Waals surface area contributed by atoms with E-state index in [2.05, 4.69) is 10.1 Å². The quantitative estimate of drug-likeness (QED) is 0.813. The highest BCUT2D eigenvalue weighted by Gasteiger charge is 2.12. The Kier molecular flexibility index (Phi) is 4.96. The molecule has 0 spiro atoms. The largest absolute Gasteiger partial charge is 0.432 e. The molecule has 0 aliphatic heterocycles. The van der Waals surface area contributed by atoms with Crippen LogP contribution in [0.3, 0.4) is 0 Å². The molecule has 0 saturated heterocycles. The minimum absolute atomic E-state index is 0.120. The molecule has 6 heteroatoms. The average molecular weight is 316 g/mol. The summed E-state index contributed by atoms with van der Waals surface area (Å²) >= 11 is 5.91. The molecule has 1 N–H and O–H groups in total. The van der Waals surface area contributed by atoms with Crippen LogP contribution in [0.5, 0.6) is 5.75 Å². The highest BCUT2D eigenvalue weighted by molar-refractivity contribution is 6.30. The van der Waals surface area contributed by atoms with Crippen molar-refractivity contribution in [3.8, 4) is 5.75 Å². The van der Waals surface area contributed by atoms with E-state index < -0.39 is 18.2 Å². The van der Waals surface area contributed by atoms with E-state index in [1.807, 2.05) is 19.1 Å². The van der Waals surface area contributed by atoms with Crippen LogP contribution in [-0.4, -0.2) is 6.61 Å². The number of ether oxygens (including phenoxy) is 1. The minimum atomic E-state index is -3.05. The monoisotopic (exact) mass is 315 g/mol. The van der Waals surface area contributed by atoms with Gasteiger partial charge in [-0.3, -0.25) is 0 Å². The van der Waals surface area contributed by atoms with Crippen molar-refractivity contribution in [1.82, 2.24) is 0 Å². The molecule has 2 aromatic rings. The SMILES string of the molecule is CC(Nc1ccc(OC(F)F)c(F)c1)c1cccc(Cl)c1. The van der Waals surface area contributed by atoms with Gasteiger partial charge in [0, 0.05) is 22.8 Å². The Morgan fingerprint density at radius 1 is 1.14 bits per heavy atom. The molecule has 0 radical (unpaired) electrons. The van der Waals surface area contributed by atoms with Gasteiger partial charge in [0.15, 0.2) is 11.6 Å². The van der Waals surface area contributed by atoms with Gasteiger partial charge in [-0.15, -0.1) is 0 Å². The van der Waals surface area contributed by atoms with Crippen molar-refractivity contribution in [3.05, 3.63) is 58.9 Å². The van der Waals surface area contributed by atoms with Crippen molar-refractivity contribution >= 4 is 17.3 Å². The lowest BCUT2D eigenvalue weighted by atomic mass is 10.1. The van der Waals surface area contributed by atoms with Gasteiger partial charge in [-0.2, -0.15) is 8.78 Å². The normalized spacial score (nSPS) is 12.3. The van der Waals surface area contributed by atoms with Crippen molar-refractivity contribution in [1.29, 1.82) is 0 Å². The number of hydrogen-bond donors (Lipinski definition) is 1. The summed E-state index contributed by atoms with van der Waals surface area (Å²) in [6.07, 6.45) is 0. The number of anilines is 1. The molecule has 2 aromatic carbocycles. The first kappa shape index (κ1) is 15.5. The van der Waals surface area contributed by atoms with Crippen LogP contribution in [0.4, 0.5) is 18.9 Å². The molecule has 1 atom stereocenters. The molecule has 0 aromatic heterocycles. The van der Waals surface area contributed by atoms with Gasteiger partial charge < -0.3 is 10.1 Å². The molecule has 1 unspecified atom stereocenters. The summed E-state index contributed by atoms with van der Waals surface area (Å²) in [5, 5.41) is 3.67. The molecule has 21 heavy (non-hydrogen) atoms. The molecular formula is C15H13ClF3NO. The summed E-state index contributed by atoms with van der Waals surface area (Å²) < 4.78 is 41.8. The van der Waals surface area contributed by atoms with E-state index in [4.69, 9.17) is 11.6 Å². The second-order valence-corrected chi connectivity index (χ2v) is 4.88. The van der Waals surface area contributed by atoms with E-state index in [-0.39, 0.29) is 6.04 Å². The van der Waals surface area contributed by atoms with Gasteiger partial charge in [-0.05, 0) is 36.8 Å². The summed E-state index contributed by atoms with van der Waals surface area (Å²) in [7, 11) is 0. The van der Waals surface area contributed by atoms with Crippen LogP contribution in [0.2, 0.25) is 5.02 Å². The van der Waals surface area contributed by atoms with Crippen molar-refractivity contribution in [2.45, 2.75) is 19.6 Å². The summed E-state index contributed by atoms with van der Waals surface area (Å²) in [6.45, 7) is -1.17. The second-order valence-electron chi connectivity index (χ2n) is 4.44. The molecule has 0 fully saturated rings. The lowest BCUT2D eigenvalue weighted by Gasteiger charge is -2.16. The number of benzene rings is 2. The number of halogens is 4. The molecule has 0 amide bonds. The third-order valence-electron chi connectivity index (χ3n) is 2.88. The van der Waals surface area contributed by atoms with Crippen LogP contribution in [0.25, 0.3) is 0 Å². The van der Waals surface area contributed by atoms with Gasteiger partial charge >= 0.3 is 6.61 Å². The Bertz CT molecular complexity index is 622. The summed E-state index contributed by atoms with van der Waals surface area (Å²) in [4.78, 5) is 0. The zero-order valence-corrected chi connectivity index (χ0v) is 11.9. The fourth-order valence-electron chi connectivity index (χ4n) is 1.89. The Morgan fingerprint density at radius 2 is 1.90 bits per heavy atom. The summed E-state index contributed by atoms with van der Waals surface area (Å²) in [5.41, 5.74) is 1.39. The average Bonchev–Trinajstić information content (AvgIpc) is 2.41. The third kappa shape index (κ3) is 4.29. The number of hydrogen-bond acceptors (Lipinski definition) is 2. The van der Waals surface area contributed by atoms with Gasteiger partial charge in [0.25, 0.3) is 0 Å². The van der Waals surface area contributed by atoms with Crippen LogP contribution in [0.15, 0.2) is 42.5 Å². The summed E-state index contributed by atoms with van der Waals surface area (Å²) in [5.74, 6) is -1.33. The van der Waals surface area contributed by atoms with Gasteiger partial charge in [0.05, 0.1) is 0 Å². The zero-order chi connectivity index (χ0) is 15.4. The van der Waals surface area contributed by atoms with Crippen LogP contribution >= 0.6 is 11.6 Å². The highest BCUT2D eigenvalue weighted by atomic mass is 35.5. The van der Waals surface area contributed by atoms with Crippen LogP contribution in [0.1, 0.15) is 18.5 Å². The smallest absolute Gasteiger partial charge is 0.387 e. The van der Waals surface area contributed by atoms with Crippen LogP contribution < -0.4 is 10.1 Å². The van der Waals surface area contributed by atoms with Gasteiger partial charge in [0.2, 0.25) is 0 Å². The molecule has 0 aliphatic carbocycles. The Balaban J connectivity index is 2.11. The molecule has 2 rings (SSSR count). The van der Waals surface area contributed by atoms with Crippen molar-refractivity contribution < 1.29 is 17.9 Å². The van der Waals surface area contributed by atoms with Crippen molar-refractivity contribution in [2.75, 3.05) is 5.32 Å². The molecule has 0 saturated carbocycles. The molecule has 0 aliphatic rings. The van der Waals surface area contributed by atoms with E-state index in [1.54, 1.807) is 12.1 Å². The van der Waals surface area contributed by atoms with Gasteiger partial charge in [-0.25, -0.2) is 4.39 Å². The van der Waals surface area contributed by atoms with Crippen LogP contribution in [-0.2, 0) is 0 Å². The summed E-state index contributed by atoms with van der Waals surface area (Å²) in [6, 6.07) is 10.9. The van der Waals surface area contributed by atoms with Crippen molar-refractivity contribution in [2.24, 2.45) is 0 Å². The molecular weight excluding hydrogens is 303 g/mol. The lowest BCUT2D eigenvalue weighted by Crippen LogP contribution is -2.08. The fourth-order valence-corrected chi connectivity index (χ4v) is 2.09. The second kappa shape index (κ2) is 6.72. The Hall–Kier alpha value is -1.88. The number of alkyl halides is 2. The maximum Gasteiger partial charge on any atom is 0.387 e. The van der Waals surface area contributed by atoms with Gasteiger partial charge in [-0.1, -0.05) is 23.7 Å². The minimum Gasteiger partial charge on any atom is -0.432 e. The highest BCUT2D eigenvalue weighted by Crippen LogP contribution is 2.26. The zero-order valence-electron chi connectivity index (χ0n) is 11.1. The lowest BCUT2D eigenvalue weighted by molar-refractivity contribution is -0.0521. The first-order valence-corrected chi connectivity index (χ1v) is 6.60. The Labute approximate surface area is 125 Å². The van der Waals surface area contributed by atoms with Crippen molar-refractivity contribution in [3.63, 3.8) is 0 Å². The standard InChI is InChI=1S/C15H13ClF3NO/c1-9(10-3-2-4-11(16)7-10)20-12-5-6-14(13(17)8-12)21-15(18)19/h2-9,15,20H,1H3. The molecule has 0 heterocycles. The Morgan fingerprint density at radius 3 is 2.52 bits per heavy atom. The number of nitrogens with one attached hydrogen (secondary N) is 1. The van der Waals surface area contributed by atoms with Crippen LogP contribution in [0, 0.1) is 5.82 Å². The fraction of sp³-hybridized carbons (Fsp3) is 0.200. The number of rotatable bonds is 5. The van der Waals surface area contributed by atoms with Gasteiger partial charge in [0.1, 0.15) is 0 Å². The van der Waals surface area contributed by atoms with E-state index >= 15 is 0 Å². The van der Waals surface area contributed by atoms with E-state index in [0.717, 1.165) is 17.7 Å². The predicted molar refractivity (Wildman–Crippen MR) is 76.5 cm³/mol. The third-order valence-corrected chi connectivity index (χ3v) is 3.11. The maximum absolute atomic E-state index is 13.6. The first-order chi connectivity index (χ1) is 9.95. The first-order valence-electron chi connectivity index (χ1n) is 6.22. The maximum atomic E-state index is 13.6. The van der Waals surface area contributed by atoms with E-state index in [1.165, 1.54) is 6.07 Å². The topological polar surface area (TPSA) is 21.3 Å². The van der Waals surface area contributed by atoms with E-state index in [9.17, 15) is 13.2 Å².